The summed E-state index contributed by atoms with van der Waals surface area (Å²) in [6, 6.07) is 4.49. The van der Waals surface area contributed by atoms with E-state index in [1.54, 1.807) is 13.0 Å². The Morgan fingerprint density at radius 1 is 1.40 bits per heavy atom. The fourth-order valence-electron chi connectivity index (χ4n) is 3.24. The van der Waals surface area contributed by atoms with Crippen molar-refractivity contribution >= 4 is 21.2 Å². The Hall–Kier alpha value is -1.71. The van der Waals surface area contributed by atoms with Crippen molar-refractivity contribution in [3.8, 4) is 0 Å². The van der Waals surface area contributed by atoms with Crippen LogP contribution in [0.3, 0.4) is 0 Å². The molecule has 0 amide bonds. The second-order valence-electron chi connectivity index (χ2n) is 6.53. The maximum atomic E-state index is 11.9. The summed E-state index contributed by atoms with van der Waals surface area (Å²) < 4.78 is 23.9. The van der Waals surface area contributed by atoms with Crippen molar-refractivity contribution in [2.75, 3.05) is 37.3 Å². The van der Waals surface area contributed by atoms with Crippen molar-refractivity contribution in [3.05, 3.63) is 28.3 Å². The number of nitrogens with zero attached hydrogens (tertiary/aromatic N) is 3. The van der Waals surface area contributed by atoms with Crippen LogP contribution in [0.1, 0.15) is 20.3 Å². The number of piperazine rings is 1. The number of sulfone groups is 1. The maximum absolute atomic E-state index is 11.9. The summed E-state index contributed by atoms with van der Waals surface area (Å²) in [5.74, 6) is 0. The molecule has 25 heavy (non-hydrogen) atoms. The highest BCUT2D eigenvalue weighted by atomic mass is 32.2. The number of rotatable bonds is 6. The van der Waals surface area contributed by atoms with E-state index >= 15 is 0 Å². The number of aliphatic hydroxyl groups excluding tert-OH is 1. The Balaban J connectivity index is 2.29. The molecule has 9 heteroatoms. The van der Waals surface area contributed by atoms with Crippen molar-refractivity contribution in [3.63, 3.8) is 0 Å². The lowest BCUT2D eigenvalue weighted by atomic mass is 10.1. The number of β-amino-alcohol motifs (C(OH)–C–C–N with tert-alkyl or cyclic N) is 1. The zero-order chi connectivity index (χ0) is 18.8. The van der Waals surface area contributed by atoms with Crippen molar-refractivity contribution in [1.29, 1.82) is 0 Å². The maximum Gasteiger partial charge on any atom is 0.288 e. The average Bonchev–Trinajstić information content (AvgIpc) is 2.53. The summed E-state index contributed by atoms with van der Waals surface area (Å²) >= 11 is 0. The molecule has 1 heterocycles. The van der Waals surface area contributed by atoms with Gasteiger partial charge in [-0.25, -0.2) is 8.42 Å². The first-order chi connectivity index (χ1) is 11.6. The van der Waals surface area contributed by atoms with Crippen molar-refractivity contribution in [2.45, 2.75) is 37.3 Å². The van der Waals surface area contributed by atoms with E-state index in [1.165, 1.54) is 12.1 Å². The molecule has 1 fully saturated rings. The molecule has 140 valence electrons. The lowest BCUT2D eigenvalue weighted by Gasteiger charge is -2.42. The first kappa shape index (κ1) is 19.6. The van der Waals surface area contributed by atoms with E-state index in [1.807, 2.05) is 4.90 Å². The van der Waals surface area contributed by atoms with Gasteiger partial charge in [-0.1, -0.05) is 6.92 Å². The van der Waals surface area contributed by atoms with Gasteiger partial charge in [0.1, 0.15) is 4.90 Å². The lowest BCUT2D eigenvalue weighted by molar-refractivity contribution is -0.387. The zero-order valence-corrected chi connectivity index (χ0v) is 15.6. The first-order valence-electron chi connectivity index (χ1n) is 8.29. The molecule has 1 N–H and O–H groups in total. The molecule has 0 bridgehead atoms. The fourth-order valence-corrected chi connectivity index (χ4v) is 4.10. The normalized spacial score (nSPS) is 20.5. The third-order valence-electron chi connectivity index (χ3n) is 4.48. The minimum Gasteiger partial charge on any atom is -0.392 e. The van der Waals surface area contributed by atoms with Gasteiger partial charge in [-0.05, 0) is 25.5 Å². The van der Waals surface area contributed by atoms with E-state index in [9.17, 15) is 23.6 Å². The number of nitro groups is 1. The summed E-state index contributed by atoms with van der Waals surface area (Å²) in [5, 5.41) is 20.7. The van der Waals surface area contributed by atoms with E-state index in [0.29, 0.717) is 25.3 Å². The first-order valence-corrected chi connectivity index (χ1v) is 10.2. The number of hydrogen-bond donors (Lipinski definition) is 1. The molecule has 2 atom stereocenters. The summed E-state index contributed by atoms with van der Waals surface area (Å²) in [7, 11) is -3.70. The largest absolute Gasteiger partial charge is 0.392 e. The van der Waals surface area contributed by atoms with E-state index < -0.39 is 26.6 Å². The number of nitro benzene ring substituents is 1. The quantitative estimate of drug-likeness (QED) is 0.593. The van der Waals surface area contributed by atoms with Crippen LogP contribution in [0.15, 0.2) is 23.1 Å². The van der Waals surface area contributed by atoms with Gasteiger partial charge in [-0.15, -0.1) is 0 Å². The van der Waals surface area contributed by atoms with Crippen LogP contribution in [-0.4, -0.2) is 67.9 Å². The molecule has 8 nitrogen and oxygen atoms in total. The molecule has 1 aromatic rings. The third kappa shape index (κ3) is 4.68. The molecule has 2 unspecified atom stereocenters. The molecule has 1 saturated heterocycles. The van der Waals surface area contributed by atoms with Gasteiger partial charge in [0.25, 0.3) is 5.69 Å². The Bertz CT molecular complexity index is 735. The van der Waals surface area contributed by atoms with Gasteiger partial charge >= 0.3 is 0 Å². The van der Waals surface area contributed by atoms with Gasteiger partial charge in [-0.3, -0.25) is 15.0 Å². The van der Waals surface area contributed by atoms with Crippen LogP contribution in [0.5, 0.6) is 0 Å². The molecule has 0 radical (unpaired) electrons. The molecular weight excluding hydrogens is 346 g/mol. The molecule has 0 aliphatic carbocycles. The Morgan fingerprint density at radius 2 is 2.08 bits per heavy atom. The summed E-state index contributed by atoms with van der Waals surface area (Å²) in [6.45, 7) is 6.53. The molecule has 1 aliphatic rings. The summed E-state index contributed by atoms with van der Waals surface area (Å²) in [6.07, 6.45) is 1.47. The Labute approximate surface area is 148 Å². The van der Waals surface area contributed by atoms with Gasteiger partial charge in [0, 0.05) is 50.2 Å². The lowest BCUT2D eigenvalue weighted by Crippen LogP contribution is -2.54. The van der Waals surface area contributed by atoms with E-state index in [4.69, 9.17) is 0 Å². The molecular formula is C16H25N3O5S. The second kappa shape index (κ2) is 7.67. The van der Waals surface area contributed by atoms with Crippen LogP contribution in [0.4, 0.5) is 11.4 Å². The highest BCUT2D eigenvalue weighted by Crippen LogP contribution is 2.30. The topological polar surface area (TPSA) is 104 Å². The fraction of sp³-hybridized carbons (Fsp3) is 0.625. The molecule has 0 aromatic heterocycles. The Morgan fingerprint density at radius 3 is 2.60 bits per heavy atom. The highest BCUT2D eigenvalue weighted by Gasteiger charge is 2.29. The molecule has 2 rings (SSSR count). The predicted octanol–water partition coefficient (Wildman–Crippen LogP) is 1.28. The molecule has 1 aromatic carbocycles. The van der Waals surface area contributed by atoms with Crippen LogP contribution >= 0.6 is 0 Å². The molecule has 0 spiro atoms. The standard InChI is InChI=1S/C16H25N3O5S/c1-4-13-11-18(8-7-17(13)10-12(2)20)14-5-6-15(19(21)22)16(9-14)25(3,23)24/h5-6,9,12-13,20H,4,7-8,10-11H2,1-3H3. The Kier molecular flexibility index (Phi) is 6.02. The van der Waals surface area contributed by atoms with Crippen LogP contribution in [-0.2, 0) is 9.84 Å². The third-order valence-corrected chi connectivity index (χ3v) is 5.61. The van der Waals surface area contributed by atoms with E-state index in [0.717, 1.165) is 19.2 Å². The molecule has 1 aliphatic heterocycles. The van der Waals surface area contributed by atoms with Gasteiger partial charge in [0.2, 0.25) is 0 Å². The van der Waals surface area contributed by atoms with Crippen molar-refractivity contribution < 1.29 is 18.4 Å². The van der Waals surface area contributed by atoms with Crippen molar-refractivity contribution in [1.82, 2.24) is 4.90 Å². The smallest absolute Gasteiger partial charge is 0.288 e. The van der Waals surface area contributed by atoms with Crippen molar-refractivity contribution in [2.24, 2.45) is 0 Å². The van der Waals surface area contributed by atoms with Crippen LogP contribution in [0.25, 0.3) is 0 Å². The second-order valence-corrected chi connectivity index (χ2v) is 8.52. The molecule has 0 saturated carbocycles. The van der Waals surface area contributed by atoms with Gasteiger partial charge in [0.05, 0.1) is 11.0 Å². The zero-order valence-electron chi connectivity index (χ0n) is 14.8. The van der Waals surface area contributed by atoms with Gasteiger partial charge in [0.15, 0.2) is 9.84 Å². The van der Waals surface area contributed by atoms with Crippen LogP contribution < -0.4 is 4.90 Å². The van der Waals surface area contributed by atoms with Gasteiger partial charge < -0.3 is 10.0 Å². The SMILES string of the molecule is CCC1CN(c2ccc([N+](=O)[O-])c(S(C)(=O)=O)c2)CCN1CC(C)O. The summed E-state index contributed by atoms with van der Waals surface area (Å²) in [5.41, 5.74) is 0.271. The van der Waals surface area contributed by atoms with Crippen LogP contribution in [0.2, 0.25) is 0 Å². The van der Waals surface area contributed by atoms with E-state index in [2.05, 4.69) is 11.8 Å². The predicted molar refractivity (Wildman–Crippen MR) is 95.8 cm³/mol. The minimum atomic E-state index is -3.70. The summed E-state index contributed by atoms with van der Waals surface area (Å²) in [4.78, 5) is 14.4. The number of aliphatic hydroxyl groups is 1. The minimum absolute atomic E-state index is 0.236. The average molecular weight is 371 g/mol. The number of benzene rings is 1. The van der Waals surface area contributed by atoms with Crippen LogP contribution in [0, 0.1) is 10.1 Å². The number of hydrogen-bond acceptors (Lipinski definition) is 7. The van der Waals surface area contributed by atoms with Gasteiger partial charge in [-0.2, -0.15) is 0 Å². The highest BCUT2D eigenvalue weighted by molar-refractivity contribution is 7.90. The monoisotopic (exact) mass is 371 g/mol. The number of anilines is 1. The van der Waals surface area contributed by atoms with E-state index in [-0.39, 0.29) is 10.9 Å².